The van der Waals surface area contributed by atoms with E-state index in [1.807, 2.05) is 18.2 Å². The summed E-state index contributed by atoms with van der Waals surface area (Å²) in [5.74, 6) is 0. The molecule has 9 aromatic rings. The van der Waals surface area contributed by atoms with E-state index in [1.165, 1.54) is 88.6 Å². The molecule has 0 atom stereocenters. The summed E-state index contributed by atoms with van der Waals surface area (Å²) in [5.41, 5.74) is 20.2. The van der Waals surface area contributed by atoms with Crippen LogP contribution in [0.25, 0.3) is 67.4 Å². The van der Waals surface area contributed by atoms with E-state index in [-0.39, 0.29) is 0 Å². The second-order valence-corrected chi connectivity index (χ2v) is 16.0. The first-order valence-electron chi connectivity index (χ1n) is 21.3. The summed E-state index contributed by atoms with van der Waals surface area (Å²) in [5, 5.41) is 2.51. The van der Waals surface area contributed by atoms with Crippen LogP contribution in [-0.4, -0.2) is 4.57 Å². The van der Waals surface area contributed by atoms with E-state index in [0.717, 1.165) is 23.3 Å². The van der Waals surface area contributed by atoms with E-state index in [1.54, 1.807) is 6.08 Å². The Labute approximate surface area is 366 Å². The number of allylic oxidation sites excluding steroid dienone is 5. The Bertz CT molecular complexity index is 3120. The molecule has 0 fully saturated rings. The molecule has 0 aliphatic carbocycles. The monoisotopic (exact) mass is 795 g/mol. The predicted octanol–water partition coefficient (Wildman–Crippen LogP) is 16.2. The second kappa shape index (κ2) is 17.9. The van der Waals surface area contributed by atoms with Crippen molar-refractivity contribution in [2.75, 3.05) is 0 Å². The lowest BCUT2D eigenvalue weighted by Crippen LogP contribution is -1.99. The fourth-order valence-corrected chi connectivity index (χ4v) is 8.56. The summed E-state index contributed by atoms with van der Waals surface area (Å²) in [7, 11) is 0. The average Bonchev–Trinajstić information content (AvgIpc) is 3.62. The minimum absolute atomic E-state index is 0.771. The van der Waals surface area contributed by atoms with Crippen LogP contribution in [0.3, 0.4) is 0 Å². The molecule has 298 valence electrons. The Kier molecular flexibility index (Phi) is 11.4. The van der Waals surface area contributed by atoms with Crippen LogP contribution < -0.4 is 0 Å². The van der Waals surface area contributed by atoms with Crippen LogP contribution >= 0.6 is 0 Å². The number of rotatable bonds is 12. The summed E-state index contributed by atoms with van der Waals surface area (Å²) in [6.45, 7) is 13.4. The first-order chi connectivity index (χ1) is 30.4. The number of fused-ring (bicyclic) bond motifs is 3. The molecule has 0 radical (unpaired) electrons. The zero-order chi connectivity index (χ0) is 42.4. The van der Waals surface area contributed by atoms with Gasteiger partial charge in [0.05, 0.1) is 11.0 Å². The molecule has 8 aromatic carbocycles. The van der Waals surface area contributed by atoms with Gasteiger partial charge in [-0.3, -0.25) is 0 Å². The van der Waals surface area contributed by atoms with E-state index in [0.29, 0.717) is 0 Å². The summed E-state index contributed by atoms with van der Waals surface area (Å²) >= 11 is 0. The third-order valence-corrected chi connectivity index (χ3v) is 11.9. The Morgan fingerprint density at radius 1 is 0.484 bits per heavy atom. The summed E-state index contributed by atoms with van der Waals surface area (Å²) in [6.07, 6.45) is 10.3. The van der Waals surface area contributed by atoms with E-state index < -0.39 is 0 Å². The Morgan fingerprint density at radius 2 is 0.919 bits per heavy atom. The highest BCUT2D eigenvalue weighted by atomic mass is 15.0. The molecule has 0 amide bonds. The van der Waals surface area contributed by atoms with Gasteiger partial charge in [-0.1, -0.05) is 213 Å². The van der Waals surface area contributed by atoms with Gasteiger partial charge < -0.3 is 4.57 Å². The summed E-state index contributed by atoms with van der Waals surface area (Å²) < 4.78 is 2.50. The first kappa shape index (κ1) is 39.7. The number of hydrogen-bond acceptors (Lipinski definition) is 0. The van der Waals surface area contributed by atoms with E-state index in [2.05, 4.69) is 232 Å². The minimum atomic E-state index is 0.771. The van der Waals surface area contributed by atoms with Crippen molar-refractivity contribution in [3.63, 3.8) is 0 Å². The van der Waals surface area contributed by atoms with Gasteiger partial charge in [-0.05, 0) is 122 Å². The van der Waals surface area contributed by atoms with Crippen molar-refractivity contribution in [2.24, 2.45) is 0 Å². The molecule has 1 nitrogen and oxygen atoms in total. The molecule has 0 aliphatic heterocycles. The molecule has 0 N–H and O–H groups in total. The quantitative estimate of drug-likeness (QED) is 0.0857. The lowest BCUT2D eigenvalue weighted by atomic mass is 9.93. The molecule has 1 heterocycles. The van der Waals surface area contributed by atoms with Crippen molar-refractivity contribution >= 4 is 45.1 Å². The largest absolute Gasteiger partial charge is 0.336 e. The number of aromatic nitrogens is 1. The normalized spacial score (nSPS) is 11.6. The number of aryl methyl sites for hydroxylation is 2. The van der Waals surface area contributed by atoms with E-state index in [4.69, 9.17) is 0 Å². The Hall–Kier alpha value is -7.74. The van der Waals surface area contributed by atoms with Gasteiger partial charge in [0.1, 0.15) is 0 Å². The molecule has 9 rings (SSSR count). The van der Waals surface area contributed by atoms with Crippen LogP contribution in [0.5, 0.6) is 0 Å². The molecular formula is C61H49N. The third-order valence-electron chi connectivity index (χ3n) is 11.9. The summed E-state index contributed by atoms with van der Waals surface area (Å²) in [4.78, 5) is 0. The lowest BCUT2D eigenvalue weighted by Gasteiger charge is -2.13. The van der Waals surface area contributed by atoms with Crippen LogP contribution in [0.1, 0.15) is 44.5 Å². The zero-order valence-electron chi connectivity index (χ0n) is 35.4. The van der Waals surface area contributed by atoms with E-state index >= 15 is 0 Å². The Balaban J connectivity index is 1.10. The Morgan fingerprint density at radius 3 is 1.40 bits per heavy atom. The van der Waals surface area contributed by atoms with E-state index in [9.17, 15) is 0 Å². The zero-order valence-corrected chi connectivity index (χ0v) is 35.4. The van der Waals surface area contributed by atoms with Gasteiger partial charge in [0.15, 0.2) is 0 Å². The molecule has 0 aliphatic rings. The van der Waals surface area contributed by atoms with Gasteiger partial charge in [0.25, 0.3) is 0 Å². The number of nitrogens with zero attached hydrogens (tertiary/aromatic N) is 1. The van der Waals surface area contributed by atoms with Crippen molar-refractivity contribution in [1.82, 2.24) is 4.57 Å². The van der Waals surface area contributed by atoms with Crippen LogP contribution in [0.15, 0.2) is 231 Å². The van der Waals surface area contributed by atoms with Gasteiger partial charge in [0, 0.05) is 17.3 Å². The minimum Gasteiger partial charge on any atom is -0.336 e. The van der Waals surface area contributed by atoms with Crippen molar-refractivity contribution in [1.29, 1.82) is 0 Å². The van der Waals surface area contributed by atoms with Gasteiger partial charge in [-0.25, -0.2) is 0 Å². The highest BCUT2D eigenvalue weighted by molar-refractivity contribution is 6.10. The molecule has 0 spiro atoms. The summed E-state index contributed by atoms with van der Waals surface area (Å²) in [6, 6.07) is 70.2. The topological polar surface area (TPSA) is 4.93 Å². The molecule has 0 saturated heterocycles. The average molecular weight is 796 g/mol. The van der Waals surface area contributed by atoms with Gasteiger partial charge >= 0.3 is 0 Å². The van der Waals surface area contributed by atoms with Crippen LogP contribution in [0.4, 0.5) is 0 Å². The molecule has 1 aromatic heterocycles. The fraction of sp³-hybridized carbons (Fsp3) is 0.0492. The van der Waals surface area contributed by atoms with Crippen LogP contribution in [0.2, 0.25) is 0 Å². The van der Waals surface area contributed by atoms with Gasteiger partial charge in [-0.15, -0.1) is 0 Å². The number of hydrogen-bond donors (Lipinski definition) is 0. The van der Waals surface area contributed by atoms with Crippen LogP contribution in [0, 0.1) is 13.8 Å². The van der Waals surface area contributed by atoms with Crippen molar-refractivity contribution < 1.29 is 0 Å². The van der Waals surface area contributed by atoms with Crippen molar-refractivity contribution in [3.8, 4) is 22.3 Å². The fourth-order valence-electron chi connectivity index (χ4n) is 8.56. The molecule has 0 unspecified atom stereocenters. The molecule has 0 saturated carbocycles. The molecular weight excluding hydrogens is 747 g/mol. The second-order valence-electron chi connectivity index (χ2n) is 16.0. The maximum absolute atomic E-state index is 4.40. The highest BCUT2D eigenvalue weighted by Gasteiger charge is 2.16. The SMILES string of the molecule is C=C/C=C\C(=C)/C(=C/c1ccc(-c2ccc3c4ccc(-c5ccc(C=C(c6ccccc6)c6ccccc6)c(C)c5)cc4n(Cc4ccccc4)c3c2)cc1C)c1ccccc1. The molecule has 1 heteroatoms. The first-order valence-corrected chi connectivity index (χ1v) is 21.3. The highest BCUT2D eigenvalue weighted by Crippen LogP contribution is 2.37. The third kappa shape index (κ3) is 8.35. The lowest BCUT2D eigenvalue weighted by molar-refractivity contribution is 0.869. The predicted molar refractivity (Wildman–Crippen MR) is 268 cm³/mol. The maximum Gasteiger partial charge on any atom is 0.0500 e. The van der Waals surface area contributed by atoms with Crippen molar-refractivity contribution in [2.45, 2.75) is 20.4 Å². The van der Waals surface area contributed by atoms with Gasteiger partial charge in [0.2, 0.25) is 0 Å². The van der Waals surface area contributed by atoms with Crippen molar-refractivity contribution in [3.05, 3.63) is 276 Å². The molecule has 0 bridgehead atoms. The van der Waals surface area contributed by atoms with Crippen LogP contribution in [-0.2, 0) is 6.54 Å². The smallest absolute Gasteiger partial charge is 0.0500 e. The van der Waals surface area contributed by atoms with Gasteiger partial charge in [-0.2, -0.15) is 0 Å². The standard InChI is InChI=1S/C61H49N/c1-5-6-19-43(2)58(47-22-13-8-14-23-47)38-50-28-30-52(36-44(50)3)54-32-34-56-57-35-33-55(41-61(57)62(60(56)40-54)42-46-20-11-7-12-21-46)53-31-29-51(45(4)37-53)39-59(48-24-15-9-16-25-48)49-26-17-10-18-27-49/h5-41H,1-2,42H2,3-4H3/b19-6-,58-38-. The molecule has 62 heavy (non-hydrogen) atoms. The number of benzene rings is 8. The maximum atomic E-state index is 4.40.